The molecule has 0 N–H and O–H groups in total. The van der Waals surface area contributed by atoms with E-state index in [0.29, 0.717) is 5.71 Å². The van der Waals surface area contributed by atoms with Gasteiger partial charge in [-0.2, -0.15) is 0 Å². The van der Waals surface area contributed by atoms with Crippen LogP contribution in [0, 0.1) is 6.92 Å². The number of allylic oxidation sites excluding steroid dienone is 1. The fraction of sp³-hybridized carbons (Fsp3) is 0.176. The van der Waals surface area contributed by atoms with Crippen molar-refractivity contribution >= 4 is 34.1 Å². The zero-order valence-electron chi connectivity index (χ0n) is 12.4. The number of pyridine rings is 1. The summed E-state index contributed by atoms with van der Waals surface area (Å²) in [5.41, 5.74) is 3.39. The lowest BCUT2D eigenvalue weighted by Gasteiger charge is -2.14. The molecule has 21 heavy (non-hydrogen) atoms. The van der Waals surface area contributed by atoms with E-state index in [1.165, 1.54) is 0 Å². The SMILES string of the molecule is C/C=C\N(/C=N/C)c1cccc2c1oc1nc(C)ccc12. The largest absolute Gasteiger partial charge is 0.435 e. The topological polar surface area (TPSA) is 41.6 Å². The number of para-hydroxylation sites is 1. The van der Waals surface area contributed by atoms with Crippen molar-refractivity contribution in [1.82, 2.24) is 4.98 Å². The van der Waals surface area contributed by atoms with E-state index >= 15 is 0 Å². The first kappa shape index (κ1) is 13.4. The maximum atomic E-state index is 5.99. The van der Waals surface area contributed by atoms with E-state index in [2.05, 4.69) is 22.1 Å². The lowest BCUT2D eigenvalue weighted by atomic mass is 10.1. The number of aliphatic imine (C=N–C) groups is 1. The molecule has 0 radical (unpaired) electrons. The van der Waals surface area contributed by atoms with Gasteiger partial charge in [0, 0.05) is 29.7 Å². The maximum Gasteiger partial charge on any atom is 0.227 e. The van der Waals surface area contributed by atoms with Crippen molar-refractivity contribution in [3.63, 3.8) is 0 Å². The van der Waals surface area contributed by atoms with Crippen LogP contribution in [0.25, 0.3) is 22.1 Å². The Balaban J connectivity index is 2.30. The van der Waals surface area contributed by atoms with Crippen molar-refractivity contribution in [1.29, 1.82) is 0 Å². The first-order valence-corrected chi connectivity index (χ1v) is 6.87. The molecule has 0 saturated carbocycles. The molecule has 0 amide bonds. The summed E-state index contributed by atoms with van der Waals surface area (Å²) in [4.78, 5) is 10.5. The summed E-state index contributed by atoms with van der Waals surface area (Å²) in [5, 5.41) is 2.10. The van der Waals surface area contributed by atoms with E-state index in [4.69, 9.17) is 4.42 Å². The molecule has 0 aliphatic carbocycles. The minimum atomic E-state index is 0.673. The van der Waals surface area contributed by atoms with Gasteiger partial charge in [-0.05, 0) is 32.0 Å². The Hall–Kier alpha value is -2.62. The van der Waals surface area contributed by atoms with Crippen LogP contribution in [-0.4, -0.2) is 18.4 Å². The standard InChI is InChI=1S/C17H17N3O/c1-4-10-20(11-18-3)15-7-5-6-13-14-9-8-12(2)19-17(14)21-16(13)15/h4-11H,1-3H3/b10-4-,18-11+. The molecule has 2 heterocycles. The Morgan fingerprint density at radius 2 is 2.05 bits per heavy atom. The number of hydrogen-bond acceptors (Lipinski definition) is 3. The Morgan fingerprint density at radius 1 is 1.19 bits per heavy atom. The predicted octanol–water partition coefficient (Wildman–Crippen LogP) is 4.29. The van der Waals surface area contributed by atoms with E-state index in [1.807, 2.05) is 49.2 Å². The molecular weight excluding hydrogens is 262 g/mol. The zero-order chi connectivity index (χ0) is 14.8. The lowest BCUT2D eigenvalue weighted by molar-refractivity contribution is 0.653. The van der Waals surface area contributed by atoms with Crippen LogP contribution in [0.3, 0.4) is 0 Å². The second kappa shape index (κ2) is 5.40. The van der Waals surface area contributed by atoms with Crippen molar-refractivity contribution in [2.45, 2.75) is 13.8 Å². The second-order valence-corrected chi connectivity index (χ2v) is 4.82. The number of fused-ring (bicyclic) bond motifs is 3. The number of nitrogens with zero attached hydrogens (tertiary/aromatic N) is 3. The van der Waals surface area contributed by atoms with Crippen LogP contribution in [0.2, 0.25) is 0 Å². The summed E-state index contributed by atoms with van der Waals surface area (Å²) < 4.78 is 5.99. The van der Waals surface area contributed by atoms with E-state index in [-0.39, 0.29) is 0 Å². The van der Waals surface area contributed by atoms with Crippen molar-refractivity contribution in [3.05, 3.63) is 48.3 Å². The monoisotopic (exact) mass is 279 g/mol. The fourth-order valence-corrected chi connectivity index (χ4v) is 2.43. The molecule has 3 aromatic rings. The molecule has 0 aliphatic rings. The van der Waals surface area contributed by atoms with Crippen molar-refractivity contribution in [2.75, 3.05) is 11.9 Å². The molecule has 0 unspecified atom stereocenters. The van der Waals surface area contributed by atoms with Gasteiger partial charge < -0.3 is 9.32 Å². The van der Waals surface area contributed by atoms with Gasteiger partial charge in [-0.3, -0.25) is 4.99 Å². The van der Waals surface area contributed by atoms with Crippen molar-refractivity contribution in [3.8, 4) is 0 Å². The molecule has 0 aliphatic heterocycles. The molecule has 1 aromatic carbocycles. The predicted molar refractivity (Wildman–Crippen MR) is 88.0 cm³/mol. The fourth-order valence-electron chi connectivity index (χ4n) is 2.43. The third-order valence-electron chi connectivity index (χ3n) is 3.31. The summed E-state index contributed by atoms with van der Waals surface area (Å²) in [5.74, 6) is 0. The number of rotatable bonds is 3. The van der Waals surface area contributed by atoms with Crippen LogP contribution < -0.4 is 4.90 Å². The third-order valence-corrected chi connectivity index (χ3v) is 3.31. The molecular formula is C17H17N3O. The first-order valence-electron chi connectivity index (χ1n) is 6.87. The Bertz CT molecular complexity index is 834. The zero-order valence-corrected chi connectivity index (χ0v) is 12.4. The Morgan fingerprint density at radius 3 is 2.81 bits per heavy atom. The van der Waals surface area contributed by atoms with Gasteiger partial charge in [0.2, 0.25) is 5.71 Å². The molecule has 3 rings (SSSR count). The minimum absolute atomic E-state index is 0.673. The third kappa shape index (κ3) is 2.29. The van der Waals surface area contributed by atoms with Crippen LogP contribution >= 0.6 is 0 Å². The molecule has 0 spiro atoms. The molecule has 2 aromatic heterocycles. The molecule has 0 fully saturated rings. The highest BCUT2D eigenvalue weighted by Gasteiger charge is 2.14. The van der Waals surface area contributed by atoms with Crippen molar-refractivity contribution in [2.24, 2.45) is 4.99 Å². The quantitative estimate of drug-likeness (QED) is 0.530. The smallest absolute Gasteiger partial charge is 0.227 e. The highest BCUT2D eigenvalue weighted by Crippen LogP contribution is 2.34. The Kier molecular flexibility index (Phi) is 3.44. The highest BCUT2D eigenvalue weighted by molar-refractivity contribution is 6.09. The normalized spacial score (nSPS) is 12.1. The number of furan rings is 1. The second-order valence-electron chi connectivity index (χ2n) is 4.82. The number of aromatic nitrogens is 1. The first-order chi connectivity index (χ1) is 10.2. The minimum Gasteiger partial charge on any atom is -0.435 e. The lowest BCUT2D eigenvalue weighted by Crippen LogP contribution is -2.12. The van der Waals surface area contributed by atoms with Crippen LogP contribution in [-0.2, 0) is 0 Å². The summed E-state index contributed by atoms with van der Waals surface area (Å²) in [6.07, 6.45) is 5.68. The van der Waals surface area contributed by atoms with E-state index in [1.54, 1.807) is 13.4 Å². The molecule has 0 bridgehead atoms. The molecule has 106 valence electrons. The van der Waals surface area contributed by atoms with Gasteiger partial charge in [0.05, 0.1) is 12.0 Å². The van der Waals surface area contributed by atoms with E-state index < -0.39 is 0 Å². The molecule has 4 heteroatoms. The molecule has 0 atom stereocenters. The summed E-state index contributed by atoms with van der Waals surface area (Å²) in [7, 11) is 1.75. The Labute approximate surface area is 123 Å². The number of aryl methyl sites for hydroxylation is 1. The molecule has 0 saturated heterocycles. The van der Waals surface area contributed by atoms with Crippen LogP contribution in [0.15, 0.2) is 52.0 Å². The summed E-state index contributed by atoms with van der Waals surface area (Å²) >= 11 is 0. The average Bonchev–Trinajstić information content (AvgIpc) is 2.84. The molecule has 4 nitrogen and oxygen atoms in total. The van der Waals surface area contributed by atoms with Gasteiger partial charge in [-0.1, -0.05) is 18.2 Å². The van der Waals surface area contributed by atoms with Crippen molar-refractivity contribution < 1.29 is 4.42 Å². The van der Waals surface area contributed by atoms with Gasteiger partial charge in [0.1, 0.15) is 0 Å². The van der Waals surface area contributed by atoms with Gasteiger partial charge in [-0.15, -0.1) is 0 Å². The van der Waals surface area contributed by atoms with E-state index in [9.17, 15) is 0 Å². The van der Waals surface area contributed by atoms with Crippen LogP contribution in [0.4, 0.5) is 5.69 Å². The van der Waals surface area contributed by atoms with E-state index in [0.717, 1.165) is 27.7 Å². The number of benzene rings is 1. The van der Waals surface area contributed by atoms with Crippen LogP contribution in [0.1, 0.15) is 12.6 Å². The maximum absolute atomic E-state index is 5.99. The van der Waals surface area contributed by atoms with Gasteiger partial charge >= 0.3 is 0 Å². The summed E-state index contributed by atoms with van der Waals surface area (Å²) in [6, 6.07) is 10.1. The highest BCUT2D eigenvalue weighted by atomic mass is 16.3. The number of anilines is 1. The number of hydrogen-bond donors (Lipinski definition) is 0. The average molecular weight is 279 g/mol. The van der Waals surface area contributed by atoms with Crippen LogP contribution in [0.5, 0.6) is 0 Å². The van der Waals surface area contributed by atoms with Gasteiger partial charge in [-0.25, -0.2) is 4.98 Å². The summed E-state index contributed by atoms with van der Waals surface area (Å²) in [6.45, 7) is 3.93. The van der Waals surface area contributed by atoms with Gasteiger partial charge in [0.25, 0.3) is 0 Å². The van der Waals surface area contributed by atoms with Gasteiger partial charge in [0.15, 0.2) is 5.58 Å².